The van der Waals surface area contributed by atoms with Crippen LogP contribution in [0.3, 0.4) is 0 Å². The number of rotatable bonds is 3. The Balaban J connectivity index is 2.28. The van der Waals surface area contributed by atoms with Gasteiger partial charge in [0.2, 0.25) is 0 Å². The van der Waals surface area contributed by atoms with E-state index in [1.807, 2.05) is 25.1 Å². The van der Waals surface area contributed by atoms with Crippen LogP contribution in [0.15, 0.2) is 36.4 Å². The highest BCUT2D eigenvalue weighted by molar-refractivity contribution is 6.32. The highest BCUT2D eigenvalue weighted by Gasteiger charge is 2.05. The maximum atomic E-state index is 6.05. The molecule has 2 N–H and O–H groups in total. The van der Waals surface area contributed by atoms with Gasteiger partial charge >= 0.3 is 0 Å². The summed E-state index contributed by atoms with van der Waals surface area (Å²) in [5.41, 5.74) is 7.28. The molecule has 0 fully saturated rings. The first-order valence-corrected chi connectivity index (χ1v) is 6.37. The molecule has 2 nitrogen and oxygen atoms in total. The zero-order valence-electron chi connectivity index (χ0n) is 9.91. The van der Waals surface area contributed by atoms with Crippen LogP contribution in [-0.2, 0) is 6.42 Å². The lowest BCUT2D eigenvalue weighted by Gasteiger charge is -2.10. The molecule has 4 heteroatoms. The number of hydrogen-bond donors (Lipinski definition) is 1. The number of anilines is 1. The second-order valence-corrected chi connectivity index (χ2v) is 4.71. The lowest BCUT2D eigenvalue weighted by atomic mass is 10.1. The Bertz CT molecular complexity index is 570. The second kappa shape index (κ2) is 5.51. The van der Waals surface area contributed by atoms with Gasteiger partial charge in [-0.05, 0) is 48.4 Å². The quantitative estimate of drug-likeness (QED) is 0.810. The number of nitrogen functional groups attached to an aromatic ring is 1. The summed E-state index contributed by atoms with van der Waals surface area (Å²) in [4.78, 5) is 0. The molecule has 2 rings (SSSR count). The van der Waals surface area contributed by atoms with E-state index in [0.29, 0.717) is 22.2 Å². The molecule has 0 unspecified atom stereocenters. The lowest BCUT2D eigenvalue weighted by Crippen LogP contribution is -1.90. The number of hydrogen-bond acceptors (Lipinski definition) is 2. The van der Waals surface area contributed by atoms with Crippen molar-refractivity contribution in [2.45, 2.75) is 13.3 Å². The molecular formula is C14H13Cl2NO. The van der Waals surface area contributed by atoms with Crippen molar-refractivity contribution >= 4 is 28.9 Å². The van der Waals surface area contributed by atoms with E-state index in [4.69, 9.17) is 33.7 Å². The average molecular weight is 282 g/mol. The van der Waals surface area contributed by atoms with Gasteiger partial charge in [-0.15, -0.1) is 0 Å². The third kappa shape index (κ3) is 2.89. The fraction of sp³-hybridized carbons (Fsp3) is 0.143. The maximum Gasteiger partial charge on any atom is 0.146 e. The summed E-state index contributed by atoms with van der Waals surface area (Å²) in [6.07, 6.45) is 0.853. The van der Waals surface area contributed by atoms with Crippen molar-refractivity contribution in [1.29, 1.82) is 0 Å². The highest BCUT2D eigenvalue weighted by atomic mass is 35.5. The van der Waals surface area contributed by atoms with Crippen molar-refractivity contribution < 1.29 is 4.74 Å². The van der Waals surface area contributed by atoms with E-state index in [1.54, 1.807) is 18.2 Å². The fourth-order valence-corrected chi connectivity index (χ4v) is 2.09. The molecule has 0 atom stereocenters. The highest BCUT2D eigenvalue weighted by Crippen LogP contribution is 2.32. The van der Waals surface area contributed by atoms with Gasteiger partial charge in [0.15, 0.2) is 0 Å². The average Bonchev–Trinajstić information content (AvgIpc) is 2.35. The Morgan fingerprint density at radius 2 is 1.83 bits per heavy atom. The molecule has 0 bridgehead atoms. The lowest BCUT2D eigenvalue weighted by molar-refractivity contribution is 0.482. The van der Waals surface area contributed by atoms with Gasteiger partial charge < -0.3 is 10.5 Å². The first-order valence-electron chi connectivity index (χ1n) is 5.61. The number of halogens is 2. The number of ether oxygens (including phenoxy) is 1. The number of nitrogens with two attached hydrogens (primary N) is 1. The van der Waals surface area contributed by atoms with Crippen LogP contribution in [0.4, 0.5) is 5.69 Å². The molecule has 0 aliphatic heterocycles. The van der Waals surface area contributed by atoms with E-state index in [2.05, 4.69) is 0 Å². The van der Waals surface area contributed by atoms with E-state index in [1.165, 1.54) is 0 Å². The molecule has 0 spiro atoms. The van der Waals surface area contributed by atoms with Crippen LogP contribution in [0.2, 0.25) is 10.0 Å². The van der Waals surface area contributed by atoms with Crippen LogP contribution in [0.5, 0.6) is 11.5 Å². The van der Waals surface area contributed by atoms with Crippen LogP contribution >= 0.6 is 23.2 Å². The first-order chi connectivity index (χ1) is 8.60. The summed E-state index contributed by atoms with van der Waals surface area (Å²) < 4.78 is 5.72. The van der Waals surface area contributed by atoms with Gasteiger partial charge in [-0.2, -0.15) is 0 Å². The van der Waals surface area contributed by atoms with E-state index in [0.717, 1.165) is 17.0 Å². The monoisotopic (exact) mass is 281 g/mol. The van der Waals surface area contributed by atoms with E-state index in [9.17, 15) is 0 Å². The van der Waals surface area contributed by atoms with Gasteiger partial charge in [-0.25, -0.2) is 0 Å². The summed E-state index contributed by atoms with van der Waals surface area (Å²) in [5, 5.41) is 1.23. The third-order valence-electron chi connectivity index (χ3n) is 2.58. The smallest absolute Gasteiger partial charge is 0.146 e. The normalized spacial score (nSPS) is 10.4. The number of benzene rings is 2. The minimum atomic E-state index is 0.489. The third-order valence-corrected chi connectivity index (χ3v) is 3.25. The first kappa shape index (κ1) is 13.1. The molecule has 0 aliphatic rings. The Morgan fingerprint density at radius 1 is 1.06 bits per heavy atom. The topological polar surface area (TPSA) is 35.2 Å². The Labute approximate surface area is 116 Å². The second-order valence-electron chi connectivity index (χ2n) is 3.90. The van der Waals surface area contributed by atoms with Crippen molar-refractivity contribution in [1.82, 2.24) is 0 Å². The minimum Gasteiger partial charge on any atom is -0.456 e. The predicted molar refractivity (Wildman–Crippen MR) is 76.8 cm³/mol. The van der Waals surface area contributed by atoms with Gasteiger partial charge in [0, 0.05) is 10.7 Å². The van der Waals surface area contributed by atoms with Crippen molar-refractivity contribution in [2.24, 2.45) is 0 Å². The van der Waals surface area contributed by atoms with Gasteiger partial charge in [0.05, 0.1) is 5.02 Å². The molecule has 0 saturated carbocycles. The summed E-state index contributed by atoms with van der Waals surface area (Å²) >= 11 is 12.1. The Morgan fingerprint density at radius 3 is 2.50 bits per heavy atom. The summed E-state index contributed by atoms with van der Waals surface area (Å²) in [6, 6.07) is 10.7. The van der Waals surface area contributed by atoms with E-state index >= 15 is 0 Å². The van der Waals surface area contributed by atoms with Crippen LogP contribution in [-0.4, -0.2) is 0 Å². The maximum absolute atomic E-state index is 6.05. The molecule has 2 aromatic rings. The van der Waals surface area contributed by atoms with Gasteiger partial charge in [-0.1, -0.05) is 30.1 Å². The van der Waals surface area contributed by atoms with Crippen molar-refractivity contribution in [2.75, 3.05) is 5.73 Å². The van der Waals surface area contributed by atoms with Crippen LogP contribution in [0.1, 0.15) is 12.5 Å². The summed E-state index contributed by atoms with van der Waals surface area (Å²) in [6.45, 7) is 2.04. The predicted octanol–water partition coefficient (Wildman–Crippen LogP) is 4.93. The fourth-order valence-electron chi connectivity index (χ4n) is 1.61. The molecule has 0 heterocycles. The summed E-state index contributed by atoms with van der Waals surface area (Å²) in [7, 11) is 0. The van der Waals surface area contributed by atoms with Gasteiger partial charge in [-0.3, -0.25) is 0 Å². The van der Waals surface area contributed by atoms with Crippen molar-refractivity contribution in [3.63, 3.8) is 0 Å². The van der Waals surface area contributed by atoms with Crippen LogP contribution in [0.25, 0.3) is 0 Å². The minimum absolute atomic E-state index is 0.489. The van der Waals surface area contributed by atoms with E-state index < -0.39 is 0 Å². The largest absolute Gasteiger partial charge is 0.456 e. The SMILES string of the molecule is CCc1cc(Oc2ccc(N)cc2Cl)ccc1Cl. The van der Waals surface area contributed by atoms with Gasteiger partial charge in [0.25, 0.3) is 0 Å². The molecule has 0 radical (unpaired) electrons. The molecular weight excluding hydrogens is 269 g/mol. The molecule has 0 aromatic heterocycles. The molecule has 18 heavy (non-hydrogen) atoms. The van der Waals surface area contributed by atoms with Crippen molar-refractivity contribution in [3.05, 3.63) is 52.0 Å². The summed E-state index contributed by atoms with van der Waals surface area (Å²) in [5.74, 6) is 1.29. The van der Waals surface area contributed by atoms with Gasteiger partial charge in [0.1, 0.15) is 11.5 Å². The van der Waals surface area contributed by atoms with Crippen LogP contribution in [0, 0.1) is 0 Å². The van der Waals surface area contributed by atoms with Crippen LogP contribution < -0.4 is 10.5 Å². The molecule has 2 aromatic carbocycles. The Kier molecular flexibility index (Phi) is 4.00. The number of aryl methyl sites for hydroxylation is 1. The standard InChI is InChI=1S/C14H13Cl2NO/c1-2-9-7-11(4-5-12(9)15)18-14-6-3-10(17)8-13(14)16/h3-8H,2,17H2,1H3. The molecule has 94 valence electrons. The molecule has 0 amide bonds. The molecule has 0 aliphatic carbocycles. The van der Waals surface area contributed by atoms with Crippen molar-refractivity contribution in [3.8, 4) is 11.5 Å². The zero-order valence-corrected chi connectivity index (χ0v) is 11.4. The zero-order chi connectivity index (χ0) is 13.1. The molecule has 0 saturated heterocycles. The Hall–Kier alpha value is -1.38. The van der Waals surface area contributed by atoms with E-state index in [-0.39, 0.29) is 0 Å².